The Hall–Kier alpha value is -2.93. The quantitative estimate of drug-likeness (QED) is 0.651. The normalized spacial score (nSPS) is 11.3. The zero-order chi connectivity index (χ0) is 20.9. The second-order valence-corrected chi connectivity index (χ2v) is 8.77. The van der Waals surface area contributed by atoms with Crippen LogP contribution in [0, 0.1) is 0 Å². The van der Waals surface area contributed by atoms with Crippen molar-refractivity contribution in [3.8, 4) is 0 Å². The fourth-order valence-electron chi connectivity index (χ4n) is 2.70. The van der Waals surface area contributed by atoms with Gasteiger partial charge in [-0.25, -0.2) is 9.78 Å². The predicted octanol–water partition coefficient (Wildman–Crippen LogP) is 3.65. The first-order valence-electron chi connectivity index (χ1n) is 9.51. The van der Waals surface area contributed by atoms with Crippen molar-refractivity contribution >= 4 is 17.4 Å². The molecule has 1 aromatic carbocycles. The van der Waals surface area contributed by atoms with Crippen LogP contribution in [0.25, 0.3) is 0 Å². The van der Waals surface area contributed by atoms with E-state index in [9.17, 15) is 9.59 Å². The van der Waals surface area contributed by atoms with Gasteiger partial charge >= 0.3 is 6.03 Å². The van der Waals surface area contributed by atoms with E-state index in [-0.39, 0.29) is 17.0 Å². The van der Waals surface area contributed by atoms with Crippen LogP contribution in [0.5, 0.6) is 0 Å². The number of hydrogen-bond donors (Lipinski definition) is 2. The molecule has 3 rings (SSSR count). The van der Waals surface area contributed by atoms with Crippen LogP contribution in [-0.4, -0.2) is 15.6 Å². The summed E-state index contributed by atoms with van der Waals surface area (Å²) >= 11 is 1.62. The third-order valence-corrected chi connectivity index (χ3v) is 5.67. The molecular formula is C22H26N4O2S. The number of aromatic nitrogens is 2. The number of thiazole rings is 1. The van der Waals surface area contributed by atoms with Gasteiger partial charge in [-0.15, -0.1) is 11.3 Å². The average Bonchev–Trinajstić information content (AvgIpc) is 3.17. The monoisotopic (exact) mass is 410 g/mol. The molecule has 2 aromatic heterocycles. The number of carbonyl (C=O) groups is 1. The van der Waals surface area contributed by atoms with Crippen molar-refractivity contribution in [3.63, 3.8) is 0 Å². The Balaban J connectivity index is 1.46. The minimum Gasteiger partial charge on any atom is -0.334 e. The summed E-state index contributed by atoms with van der Waals surface area (Å²) in [5, 5.41) is 8.74. The van der Waals surface area contributed by atoms with Gasteiger partial charge in [0.05, 0.1) is 23.8 Å². The molecule has 2 amide bonds. The smallest absolute Gasteiger partial charge is 0.315 e. The molecule has 0 bridgehead atoms. The lowest BCUT2D eigenvalue weighted by atomic mass is 9.98. The van der Waals surface area contributed by atoms with Crippen LogP contribution in [0.2, 0.25) is 0 Å². The molecule has 7 heteroatoms. The van der Waals surface area contributed by atoms with E-state index in [1.165, 1.54) is 0 Å². The van der Waals surface area contributed by atoms with E-state index in [0.717, 1.165) is 21.8 Å². The molecule has 0 unspecified atom stereocenters. The second-order valence-electron chi connectivity index (χ2n) is 7.91. The molecule has 0 aliphatic heterocycles. The van der Waals surface area contributed by atoms with Gasteiger partial charge in [0.25, 0.3) is 5.56 Å². The molecule has 0 radical (unpaired) electrons. The number of hydrogen-bond acceptors (Lipinski definition) is 4. The molecule has 0 aliphatic carbocycles. The fraction of sp³-hybridized carbons (Fsp3) is 0.318. The van der Waals surface area contributed by atoms with Crippen molar-refractivity contribution in [2.45, 2.75) is 45.8 Å². The van der Waals surface area contributed by atoms with Crippen molar-refractivity contribution in [1.82, 2.24) is 20.2 Å². The highest BCUT2D eigenvalue weighted by Gasteiger charge is 2.18. The summed E-state index contributed by atoms with van der Waals surface area (Å²) < 4.78 is 1.66. The summed E-state index contributed by atoms with van der Waals surface area (Å²) in [5.41, 5.74) is 2.89. The van der Waals surface area contributed by atoms with Gasteiger partial charge in [0.15, 0.2) is 0 Å². The van der Waals surface area contributed by atoms with Gasteiger partial charge in [-0.1, -0.05) is 51.1 Å². The maximum Gasteiger partial charge on any atom is 0.315 e. The van der Waals surface area contributed by atoms with E-state index in [1.54, 1.807) is 34.2 Å². The van der Waals surface area contributed by atoms with Crippen molar-refractivity contribution in [3.05, 3.63) is 86.2 Å². The zero-order valence-corrected chi connectivity index (χ0v) is 17.8. The van der Waals surface area contributed by atoms with Crippen LogP contribution in [0.1, 0.15) is 42.6 Å². The molecule has 3 aromatic rings. The Morgan fingerprint density at radius 1 is 1.03 bits per heavy atom. The number of urea groups is 1. The zero-order valence-electron chi connectivity index (χ0n) is 16.9. The third kappa shape index (κ3) is 6.02. The van der Waals surface area contributed by atoms with Gasteiger partial charge in [-0.3, -0.25) is 4.79 Å². The molecule has 0 fully saturated rings. The van der Waals surface area contributed by atoms with Gasteiger partial charge in [0, 0.05) is 29.6 Å². The Morgan fingerprint density at radius 2 is 1.72 bits per heavy atom. The number of carbonyl (C=O) groups excluding carboxylic acids is 1. The maximum absolute atomic E-state index is 12.1. The lowest BCUT2D eigenvalue weighted by Crippen LogP contribution is -2.34. The minimum atomic E-state index is -0.227. The van der Waals surface area contributed by atoms with Crippen molar-refractivity contribution in [2.75, 3.05) is 0 Å². The average molecular weight is 411 g/mol. The van der Waals surface area contributed by atoms with Gasteiger partial charge in [-0.05, 0) is 17.2 Å². The van der Waals surface area contributed by atoms with Crippen LogP contribution in [0.4, 0.5) is 4.79 Å². The Bertz CT molecular complexity index is 1020. The summed E-state index contributed by atoms with van der Waals surface area (Å²) in [4.78, 5) is 28.4. The minimum absolute atomic E-state index is 0.0195. The standard InChI is InChI=1S/C22H26N4O2S/c1-22(2,3)20-25-18(15-29-20)13-24-21(28)23-12-16-7-9-17(10-8-16)14-26-11-5-4-6-19(26)27/h4-11,15H,12-14H2,1-3H3,(H2,23,24,28). The van der Waals surface area contributed by atoms with Crippen LogP contribution in [0.15, 0.2) is 58.8 Å². The lowest BCUT2D eigenvalue weighted by molar-refractivity contribution is 0.240. The summed E-state index contributed by atoms with van der Waals surface area (Å²) in [6.45, 7) is 7.74. The molecule has 0 saturated heterocycles. The summed E-state index contributed by atoms with van der Waals surface area (Å²) in [7, 11) is 0. The SMILES string of the molecule is CC(C)(C)c1nc(CNC(=O)NCc2ccc(Cn3ccccc3=O)cc2)cs1. The number of nitrogens with one attached hydrogen (secondary N) is 2. The summed E-state index contributed by atoms with van der Waals surface area (Å²) in [6, 6.07) is 12.8. The number of rotatable bonds is 6. The molecule has 2 N–H and O–H groups in total. The van der Waals surface area contributed by atoms with Crippen LogP contribution >= 0.6 is 11.3 Å². The highest BCUT2D eigenvalue weighted by Crippen LogP contribution is 2.25. The maximum atomic E-state index is 12.1. The first-order valence-corrected chi connectivity index (χ1v) is 10.4. The highest BCUT2D eigenvalue weighted by atomic mass is 32.1. The number of nitrogens with zero attached hydrogens (tertiary/aromatic N) is 2. The molecule has 0 atom stereocenters. The van der Waals surface area contributed by atoms with Crippen molar-refractivity contribution in [1.29, 1.82) is 0 Å². The van der Waals surface area contributed by atoms with E-state index >= 15 is 0 Å². The molecular weight excluding hydrogens is 384 g/mol. The molecule has 152 valence electrons. The molecule has 0 spiro atoms. The van der Waals surface area contributed by atoms with Crippen molar-refractivity contribution < 1.29 is 4.79 Å². The predicted molar refractivity (Wildman–Crippen MR) is 116 cm³/mol. The van der Waals surface area contributed by atoms with E-state index in [0.29, 0.717) is 19.6 Å². The van der Waals surface area contributed by atoms with Gasteiger partial charge in [0.2, 0.25) is 0 Å². The highest BCUT2D eigenvalue weighted by molar-refractivity contribution is 7.09. The summed E-state index contributed by atoms with van der Waals surface area (Å²) in [5.74, 6) is 0. The molecule has 0 saturated carbocycles. The fourth-order valence-corrected chi connectivity index (χ4v) is 3.61. The van der Waals surface area contributed by atoms with Crippen LogP contribution in [-0.2, 0) is 25.0 Å². The molecule has 29 heavy (non-hydrogen) atoms. The number of amides is 2. The molecule has 2 heterocycles. The Labute approximate surface area is 174 Å². The second kappa shape index (κ2) is 9.05. The third-order valence-electron chi connectivity index (χ3n) is 4.35. The van der Waals surface area contributed by atoms with Crippen molar-refractivity contribution in [2.24, 2.45) is 0 Å². The van der Waals surface area contributed by atoms with E-state index in [1.807, 2.05) is 35.7 Å². The van der Waals surface area contributed by atoms with Gasteiger partial charge in [0.1, 0.15) is 0 Å². The van der Waals surface area contributed by atoms with Crippen LogP contribution in [0.3, 0.4) is 0 Å². The van der Waals surface area contributed by atoms with E-state index in [2.05, 4.69) is 36.4 Å². The Kier molecular flexibility index (Phi) is 6.49. The van der Waals surface area contributed by atoms with E-state index in [4.69, 9.17) is 0 Å². The molecule has 0 aliphatic rings. The lowest BCUT2D eigenvalue weighted by Gasteiger charge is -2.13. The Morgan fingerprint density at radius 3 is 2.38 bits per heavy atom. The summed E-state index contributed by atoms with van der Waals surface area (Å²) in [6.07, 6.45) is 1.77. The first-order chi connectivity index (χ1) is 13.8. The molecule has 6 nitrogen and oxygen atoms in total. The van der Waals surface area contributed by atoms with Gasteiger partial charge < -0.3 is 15.2 Å². The largest absolute Gasteiger partial charge is 0.334 e. The number of benzene rings is 1. The number of pyridine rings is 1. The van der Waals surface area contributed by atoms with E-state index < -0.39 is 0 Å². The van der Waals surface area contributed by atoms with Gasteiger partial charge in [-0.2, -0.15) is 0 Å². The topological polar surface area (TPSA) is 76.0 Å². The van der Waals surface area contributed by atoms with Crippen LogP contribution < -0.4 is 16.2 Å². The first kappa shape index (κ1) is 20.8.